The predicted octanol–water partition coefficient (Wildman–Crippen LogP) is 1.09. The van der Waals surface area contributed by atoms with Crippen LogP contribution in [-0.2, 0) is 0 Å². The summed E-state index contributed by atoms with van der Waals surface area (Å²) < 4.78 is 4.95. The number of methoxy groups -OCH3 is 1. The number of aromatic nitrogens is 1. The summed E-state index contributed by atoms with van der Waals surface area (Å²) in [7, 11) is 1.55. The zero-order valence-corrected chi connectivity index (χ0v) is 7.33. The third kappa shape index (κ3) is 1.35. The Balaban J connectivity index is 2.45. The van der Waals surface area contributed by atoms with Crippen LogP contribution in [0, 0.1) is 0 Å². The van der Waals surface area contributed by atoms with Gasteiger partial charge in [0.15, 0.2) is 5.78 Å². The van der Waals surface area contributed by atoms with Gasteiger partial charge < -0.3 is 10.1 Å². The van der Waals surface area contributed by atoms with Crippen LogP contribution in [0.2, 0.25) is 0 Å². The largest absolute Gasteiger partial charge is 0.481 e. The normalized spacial score (nSPS) is 14.7. The minimum Gasteiger partial charge on any atom is -0.481 e. The van der Waals surface area contributed by atoms with Gasteiger partial charge in [-0.15, -0.1) is 0 Å². The predicted molar refractivity (Wildman–Crippen MR) is 48.2 cm³/mol. The molecule has 4 nitrogen and oxygen atoms in total. The topological polar surface area (TPSA) is 51.2 Å². The van der Waals surface area contributed by atoms with Crippen LogP contribution in [0.3, 0.4) is 0 Å². The highest BCUT2D eigenvalue weighted by Crippen LogP contribution is 2.22. The van der Waals surface area contributed by atoms with E-state index in [9.17, 15) is 4.79 Å². The third-order valence-corrected chi connectivity index (χ3v) is 2.02. The minimum atomic E-state index is 0.143. The van der Waals surface area contributed by atoms with Gasteiger partial charge in [-0.3, -0.25) is 4.79 Å². The Morgan fingerprint density at radius 3 is 3.15 bits per heavy atom. The summed E-state index contributed by atoms with van der Waals surface area (Å²) in [5.41, 5.74) is 0.659. The zero-order chi connectivity index (χ0) is 9.26. The van der Waals surface area contributed by atoms with Crippen LogP contribution in [0.4, 0.5) is 5.82 Å². The number of anilines is 1. The van der Waals surface area contributed by atoms with Crippen LogP contribution >= 0.6 is 0 Å². The average Bonchev–Trinajstić information content (AvgIpc) is 2.18. The molecule has 0 atom stereocenters. The molecule has 0 bridgehead atoms. The molecule has 0 radical (unpaired) electrons. The molecule has 0 fully saturated rings. The van der Waals surface area contributed by atoms with Crippen molar-refractivity contribution in [2.45, 2.75) is 6.42 Å². The number of hydrogen-bond donors (Lipinski definition) is 1. The first-order valence-corrected chi connectivity index (χ1v) is 4.13. The molecule has 0 spiro atoms. The van der Waals surface area contributed by atoms with Crippen molar-refractivity contribution in [3.05, 3.63) is 17.7 Å². The highest BCUT2D eigenvalue weighted by atomic mass is 16.5. The van der Waals surface area contributed by atoms with Gasteiger partial charge in [0.05, 0.1) is 12.7 Å². The second-order valence-electron chi connectivity index (χ2n) is 2.85. The number of rotatable bonds is 1. The summed E-state index contributed by atoms with van der Waals surface area (Å²) in [5.74, 6) is 1.31. The molecule has 1 aliphatic heterocycles. The van der Waals surface area contributed by atoms with E-state index >= 15 is 0 Å². The molecule has 1 N–H and O–H groups in total. The first kappa shape index (κ1) is 8.04. The standard InChI is InChI=1S/C9H10N2O2/c1-13-8-3-2-6-7(12)4-5-10-9(6)11-8/h2-3H,4-5H2,1H3,(H,10,11). The van der Waals surface area contributed by atoms with Crippen molar-refractivity contribution < 1.29 is 9.53 Å². The molecule has 2 heterocycles. The van der Waals surface area contributed by atoms with E-state index in [0.717, 1.165) is 0 Å². The van der Waals surface area contributed by atoms with Gasteiger partial charge in [0.25, 0.3) is 0 Å². The molecular weight excluding hydrogens is 168 g/mol. The van der Waals surface area contributed by atoms with Crippen molar-refractivity contribution in [1.82, 2.24) is 4.98 Å². The fraction of sp³-hybridized carbons (Fsp3) is 0.333. The summed E-state index contributed by atoms with van der Waals surface area (Å²) in [4.78, 5) is 15.5. The van der Waals surface area contributed by atoms with Crippen LogP contribution in [0.5, 0.6) is 5.88 Å². The van der Waals surface area contributed by atoms with E-state index < -0.39 is 0 Å². The second-order valence-corrected chi connectivity index (χ2v) is 2.85. The Kier molecular flexibility index (Phi) is 1.88. The van der Waals surface area contributed by atoms with E-state index in [-0.39, 0.29) is 5.78 Å². The van der Waals surface area contributed by atoms with Crippen LogP contribution < -0.4 is 10.1 Å². The molecule has 2 rings (SSSR count). The molecule has 1 aromatic heterocycles. The van der Waals surface area contributed by atoms with Crippen LogP contribution in [0.15, 0.2) is 12.1 Å². The van der Waals surface area contributed by atoms with E-state index in [1.54, 1.807) is 19.2 Å². The van der Waals surface area contributed by atoms with Crippen LogP contribution in [0.1, 0.15) is 16.8 Å². The molecule has 0 aliphatic carbocycles. The molecule has 68 valence electrons. The number of ketones is 1. The molecule has 0 unspecified atom stereocenters. The Morgan fingerprint density at radius 1 is 1.54 bits per heavy atom. The highest BCUT2D eigenvalue weighted by Gasteiger charge is 2.17. The molecule has 0 aromatic carbocycles. The number of pyridine rings is 1. The maximum Gasteiger partial charge on any atom is 0.214 e. The van der Waals surface area contributed by atoms with Crippen molar-refractivity contribution in [3.8, 4) is 5.88 Å². The van der Waals surface area contributed by atoms with Gasteiger partial charge in [-0.05, 0) is 6.07 Å². The molecule has 1 aromatic rings. The van der Waals surface area contributed by atoms with E-state index in [1.807, 2.05) is 0 Å². The third-order valence-electron chi connectivity index (χ3n) is 2.02. The molecule has 4 heteroatoms. The van der Waals surface area contributed by atoms with Gasteiger partial charge in [-0.25, -0.2) is 0 Å². The molecule has 0 saturated heterocycles. The number of nitrogens with zero attached hydrogens (tertiary/aromatic N) is 1. The van der Waals surface area contributed by atoms with Gasteiger partial charge in [-0.1, -0.05) is 0 Å². The van der Waals surface area contributed by atoms with Crippen molar-refractivity contribution in [2.24, 2.45) is 0 Å². The second kappa shape index (κ2) is 3.05. The first-order valence-electron chi connectivity index (χ1n) is 4.13. The van der Waals surface area contributed by atoms with Gasteiger partial charge in [-0.2, -0.15) is 4.98 Å². The Hall–Kier alpha value is -1.58. The molecule has 0 amide bonds. The number of ether oxygens (including phenoxy) is 1. The average molecular weight is 178 g/mol. The quantitative estimate of drug-likeness (QED) is 0.699. The van der Waals surface area contributed by atoms with E-state index in [4.69, 9.17) is 4.74 Å². The van der Waals surface area contributed by atoms with Crippen molar-refractivity contribution >= 4 is 11.6 Å². The van der Waals surface area contributed by atoms with Gasteiger partial charge in [0.1, 0.15) is 5.82 Å². The number of Topliss-reactive ketones (excluding diaryl/α,β-unsaturated/α-hetero) is 1. The van der Waals surface area contributed by atoms with Gasteiger partial charge in [0, 0.05) is 19.0 Å². The molecule has 0 saturated carbocycles. The highest BCUT2D eigenvalue weighted by molar-refractivity contribution is 6.02. The van der Waals surface area contributed by atoms with Gasteiger partial charge >= 0.3 is 0 Å². The number of nitrogens with one attached hydrogen (secondary N) is 1. The molecule has 13 heavy (non-hydrogen) atoms. The zero-order valence-electron chi connectivity index (χ0n) is 7.33. The Labute approximate surface area is 75.9 Å². The Morgan fingerprint density at radius 2 is 2.38 bits per heavy atom. The van der Waals surface area contributed by atoms with Crippen molar-refractivity contribution in [3.63, 3.8) is 0 Å². The van der Waals surface area contributed by atoms with E-state index in [2.05, 4.69) is 10.3 Å². The summed E-state index contributed by atoms with van der Waals surface area (Å²) in [6.45, 7) is 0.659. The lowest BCUT2D eigenvalue weighted by Gasteiger charge is -2.15. The fourth-order valence-corrected chi connectivity index (χ4v) is 1.34. The smallest absolute Gasteiger partial charge is 0.214 e. The molecule has 1 aliphatic rings. The van der Waals surface area contributed by atoms with Crippen LogP contribution in [-0.4, -0.2) is 24.4 Å². The fourth-order valence-electron chi connectivity index (χ4n) is 1.34. The Bertz CT molecular complexity index is 349. The summed E-state index contributed by atoms with van der Waals surface area (Å²) in [5, 5.41) is 3.06. The van der Waals surface area contributed by atoms with Crippen LogP contribution in [0.25, 0.3) is 0 Å². The first-order chi connectivity index (χ1) is 6.31. The van der Waals surface area contributed by atoms with E-state index in [1.165, 1.54) is 0 Å². The summed E-state index contributed by atoms with van der Waals surface area (Å²) in [6.07, 6.45) is 0.543. The van der Waals surface area contributed by atoms with Crippen molar-refractivity contribution in [2.75, 3.05) is 19.0 Å². The lowest BCUT2D eigenvalue weighted by molar-refractivity contribution is 0.0983. The number of carbonyl (C=O) groups is 1. The number of hydrogen-bond acceptors (Lipinski definition) is 4. The SMILES string of the molecule is COc1ccc2c(n1)NCCC2=O. The number of fused-ring (bicyclic) bond motifs is 1. The summed E-state index contributed by atoms with van der Waals surface area (Å²) >= 11 is 0. The van der Waals surface area contributed by atoms with Gasteiger partial charge in [0.2, 0.25) is 5.88 Å². The monoisotopic (exact) mass is 178 g/mol. The lowest BCUT2D eigenvalue weighted by atomic mass is 10.1. The lowest BCUT2D eigenvalue weighted by Crippen LogP contribution is -2.19. The number of carbonyl (C=O) groups excluding carboxylic acids is 1. The minimum absolute atomic E-state index is 0.143. The van der Waals surface area contributed by atoms with E-state index in [0.29, 0.717) is 30.2 Å². The maximum atomic E-state index is 11.4. The van der Waals surface area contributed by atoms with Crippen molar-refractivity contribution in [1.29, 1.82) is 0 Å². The summed E-state index contributed by atoms with van der Waals surface area (Å²) in [6, 6.07) is 3.44. The maximum absolute atomic E-state index is 11.4. The molecular formula is C9H10N2O2.